The van der Waals surface area contributed by atoms with E-state index in [1.165, 1.54) is 8.24 Å². The summed E-state index contributed by atoms with van der Waals surface area (Å²) in [5, 5.41) is 0. The van der Waals surface area contributed by atoms with Gasteiger partial charge in [0.1, 0.15) is 0 Å². The Bertz CT molecular complexity index is 704. The summed E-state index contributed by atoms with van der Waals surface area (Å²) in [5.74, 6) is 0.116. The van der Waals surface area contributed by atoms with Crippen molar-refractivity contribution in [3.05, 3.63) is 83.2 Å². The molecule has 0 unspecified atom stereocenters. The predicted octanol–water partition coefficient (Wildman–Crippen LogP) is 2.63. The first-order chi connectivity index (χ1) is 9.83. The molecule has 0 aliphatic rings. The number of thiophene rings is 1. The average Bonchev–Trinajstić information content (AvgIpc) is 2.97. The number of benzene rings is 2. The molecule has 0 aliphatic heterocycles. The molecule has 0 radical (unpaired) electrons. The summed E-state index contributed by atoms with van der Waals surface area (Å²) in [6, 6.07) is 23.9. The van der Waals surface area contributed by atoms with E-state index < -0.39 is 0 Å². The molecule has 1 aromatic heterocycles. The average molecular weight is 343 g/mol. The molecule has 0 amide bonds. The Balaban J connectivity index is 1.79. The van der Waals surface area contributed by atoms with Crippen molar-refractivity contribution < 1.29 is 4.79 Å². The first-order valence-corrected chi connectivity index (χ1v) is 8.78. The summed E-state index contributed by atoms with van der Waals surface area (Å²) in [5.41, 5.74) is 0.758. The first-order valence-electron chi connectivity index (χ1n) is 6.25. The van der Waals surface area contributed by atoms with Gasteiger partial charge in [0.15, 0.2) is 0 Å². The molecule has 1 heterocycles. The third kappa shape index (κ3) is 3.07. The molecule has 2 aromatic carbocycles. The maximum atomic E-state index is 12.3. The molecule has 3 aromatic rings. The molecule has 98 valence electrons. The van der Waals surface area contributed by atoms with E-state index in [4.69, 9.17) is 0 Å². The van der Waals surface area contributed by atoms with Crippen LogP contribution in [-0.2, 0) is 0 Å². The van der Waals surface area contributed by atoms with Crippen LogP contribution < -0.4 is 8.24 Å². The molecule has 0 saturated carbocycles. The van der Waals surface area contributed by atoms with Crippen molar-refractivity contribution in [3.63, 3.8) is 0 Å². The Labute approximate surface area is 128 Å². The van der Waals surface area contributed by atoms with Crippen LogP contribution in [0, 0.1) is 0 Å². The Kier molecular flexibility index (Phi) is 4.12. The molecule has 0 fully saturated rings. The minimum absolute atomic E-state index is 0.116. The van der Waals surface area contributed by atoms with Crippen molar-refractivity contribution in [3.8, 4) is 0 Å². The van der Waals surface area contributed by atoms with Crippen LogP contribution >= 0.6 is 11.3 Å². The SMILES string of the molecule is O=C(c1ccccc1)c1ccc([Se]c2ccccc2)s1. The first kappa shape index (κ1) is 13.3. The molecule has 0 aliphatic carbocycles. The van der Waals surface area contributed by atoms with Crippen molar-refractivity contribution in [2.45, 2.75) is 0 Å². The van der Waals surface area contributed by atoms with Gasteiger partial charge in [0.05, 0.1) is 0 Å². The topological polar surface area (TPSA) is 17.1 Å². The van der Waals surface area contributed by atoms with Crippen LogP contribution in [0.5, 0.6) is 0 Å². The summed E-state index contributed by atoms with van der Waals surface area (Å²) < 4.78 is 2.61. The Morgan fingerprint density at radius 1 is 0.800 bits per heavy atom. The zero-order chi connectivity index (χ0) is 13.8. The van der Waals surface area contributed by atoms with Crippen LogP contribution in [0.4, 0.5) is 0 Å². The summed E-state index contributed by atoms with van der Waals surface area (Å²) >= 11 is 1.89. The third-order valence-corrected chi connectivity index (χ3v) is 6.41. The molecule has 0 spiro atoms. The standard InChI is InChI=1S/C17H12OSSe/c18-17(13-7-3-1-4-8-13)15-11-12-16(19-15)20-14-9-5-2-6-10-14/h1-12H. The number of carbonyl (C=O) groups excluding carboxylic acids is 1. The van der Waals surface area contributed by atoms with Gasteiger partial charge in [0, 0.05) is 0 Å². The monoisotopic (exact) mass is 344 g/mol. The van der Waals surface area contributed by atoms with Gasteiger partial charge in [0.25, 0.3) is 0 Å². The van der Waals surface area contributed by atoms with Crippen molar-refractivity contribution in [2.24, 2.45) is 0 Å². The van der Waals surface area contributed by atoms with Crippen LogP contribution in [0.3, 0.4) is 0 Å². The molecule has 0 atom stereocenters. The van der Waals surface area contributed by atoms with Crippen LogP contribution in [0.15, 0.2) is 72.8 Å². The second-order valence-electron chi connectivity index (χ2n) is 4.23. The zero-order valence-corrected chi connectivity index (χ0v) is 13.2. The second kappa shape index (κ2) is 6.19. The van der Waals surface area contributed by atoms with Gasteiger partial charge < -0.3 is 0 Å². The molecular formula is C17H12OSSe. The van der Waals surface area contributed by atoms with Crippen LogP contribution in [0.25, 0.3) is 0 Å². The molecule has 3 rings (SSSR count). The number of ketones is 1. The molecular weight excluding hydrogens is 331 g/mol. The molecule has 1 nitrogen and oxygen atoms in total. The maximum absolute atomic E-state index is 12.3. The number of hydrogen-bond acceptors (Lipinski definition) is 2. The van der Waals surface area contributed by atoms with Crippen molar-refractivity contribution in [1.82, 2.24) is 0 Å². The number of hydrogen-bond donors (Lipinski definition) is 0. The van der Waals surface area contributed by atoms with Gasteiger partial charge in [-0.2, -0.15) is 0 Å². The van der Waals surface area contributed by atoms with E-state index in [9.17, 15) is 4.79 Å². The van der Waals surface area contributed by atoms with Gasteiger partial charge in [-0.05, 0) is 0 Å². The minimum atomic E-state index is 0.116. The summed E-state index contributed by atoms with van der Waals surface area (Å²) in [6.45, 7) is 0. The van der Waals surface area contributed by atoms with E-state index >= 15 is 0 Å². The van der Waals surface area contributed by atoms with E-state index in [1.807, 2.05) is 42.5 Å². The summed E-state index contributed by atoms with van der Waals surface area (Å²) in [6.07, 6.45) is 0. The number of rotatable bonds is 4. The van der Waals surface area contributed by atoms with E-state index in [0.717, 1.165) is 10.4 Å². The van der Waals surface area contributed by atoms with Crippen LogP contribution in [0.1, 0.15) is 15.2 Å². The Morgan fingerprint density at radius 3 is 2.15 bits per heavy atom. The molecule has 0 saturated heterocycles. The quantitative estimate of drug-likeness (QED) is 0.526. The van der Waals surface area contributed by atoms with Crippen molar-refractivity contribution in [2.75, 3.05) is 0 Å². The van der Waals surface area contributed by atoms with Gasteiger partial charge in [0.2, 0.25) is 0 Å². The Morgan fingerprint density at radius 2 is 1.45 bits per heavy atom. The van der Waals surface area contributed by atoms with E-state index in [1.54, 1.807) is 11.3 Å². The van der Waals surface area contributed by atoms with Gasteiger partial charge in [-0.1, -0.05) is 0 Å². The fourth-order valence-electron chi connectivity index (χ4n) is 1.83. The second-order valence-corrected chi connectivity index (χ2v) is 8.24. The van der Waals surface area contributed by atoms with Gasteiger partial charge in [-0.25, -0.2) is 0 Å². The van der Waals surface area contributed by atoms with Crippen molar-refractivity contribution >= 4 is 40.3 Å². The van der Waals surface area contributed by atoms with Crippen LogP contribution in [0.2, 0.25) is 0 Å². The van der Waals surface area contributed by atoms with E-state index in [2.05, 4.69) is 30.3 Å². The normalized spacial score (nSPS) is 10.4. The third-order valence-electron chi connectivity index (χ3n) is 2.80. The van der Waals surface area contributed by atoms with Gasteiger partial charge in [-0.15, -0.1) is 0 Å². The van der Waals surface area contributed by atoms with E-state index in [-0.39, 0.29) is 20.7 Å². The summed E-state index contributed by atoms with van der Waals surface area (Å²) in [4.78, 5) is 13.2. The Hall–Kier alpha value is -1.67. The predicted molar refractivity (Wildman–Crippen MR) is 85.7 cm³/mol. The molecule has 0 N–H and O–H groups in total. The molecule has 20 heavy (non-hydrogen) atoms. The number of carbonyl (C=O) groups is 1. The zero-order valence-electron chi connectivity index (χ0n) is 10.7. The van der Waals surface area contributed by atoms with Gasteiger partial charge >= 0.3 is 128 Å². The molecule has 0 bridgehead atoms. The molecule has 3 heteroatoms. The fraction of sp³-hybridized carbons (Fsp3) is 0. The summed E-state index contributed by atoms with van der Waals surface area (Å²) in [7, 11) is 0. The fourth-order valence-corrected chi connectivity index (χ4v) is 5.29. The van der Waals surface area contributed by atoms with Crippen molar-refractivity contribution in [1.29, 1.82) is 0 Å². The van der Waals surface area contributed by atoms with Crippen LogP contribution in [-0.4, -0.2) is 20.7 Å². The van der Waals surface area contributed by atoms with E-state index in [0.29, 0.717) is 0 Å². The van der Waals surface area contributed by atoms with Gasteiger partial charge in [-0.3, -0.25) is 0 Å².